The summed E-state index contributed by atoms with van der Waals surface area (Å²) in [6.07, 6.45) is 3.91. The van der Waals surface area contributed by atoms with Crippen LogP contribution in [-0.2, 0) is 14.8 Å². The van der Waals surface area contributed by atoms with Gasteiger partial charge in [-0.05, 0) is 31.4 Å². The zero-order valence-electron chi connectivity index (χ0n) is 14.0. The molecule has 7 heteroatoms. The van der Waals surface area contributed by atoms with Gasteiger partial charge in [0.2, 0.25) is 15.9 Å². The van der Waals surface area contributed by atoms with Gasteiger partial charge in [0.1, 0.15) is 10.7 Å². The molecule has 2 aliphatic rings. The molecule has 1 amide bonds. The zero-order valence-corrected chi connectivity index (χ0v) is 14.9. The van der Waals surface area contributed by atoms with Crippen LogP contribution in [0.1, 0.15) is 32.1 Å². The van der Waals surface area contributed by atoms with Crippen LogP contribution in [0, 0.1) is 11.2 Å². The fourth-order valence-electron chi connectivity index (χ4n) is 4.34. The molecule has 0 bridgehead atoms. The Morgan fingerprint density at radius 3 is 2.75 bits per heavy atom. The van der Waals surface area contributed by atoms with Crippen LogP contribution in [0.25, 0.3) is 0 Å². The first-order chi connectivity index (χ1) is 11.3. The zero-order chi connectivity index (χ0) is 17.5. The number of piperidine rings is 1. The summed E-state index contributed by atoms with van der Waals surface area (Å²) in [5.74, 6) is -0.613. The molecule has 24 heavy (non-hydrogen) atoms. The second kappa shape index (κ2) is 6.11. The lowest BCUT2D eigenvalue weighted by molar-refractivity contribution is -0.139. The van der Waals surface area contributed by atoms with Gasteiger partial charge in [-0.2, -0.15) is 0 Å². The molecule has 5 nitrogen and oxygen atoms in total. The van der Waals surface area contributed by atoms with Crippen molar-refractivity contribution in [3.05, 3.63) is 30.1 Å². The van der Waals surface area contributed by atoms with E-state index in [0.717, 1.165) is 25.3 Å². The summed E-state index contributed by atoms with van der Waals surface area (Å²) in [4.78, 5) is 13.5. The van der Waals surface area contributed by atoms with Gasteiger partial charge in [0.15, 0.2) is 0 Å². The van der Waals surface area contributed by atoms with Gasteiger partial charge < -0.3 is 4.90 Å². The van der Waals surface area contributed by atoms with Gasteiger partial charge in [0.05, 0.1) is 0 Å². The molecular formula is C17H23FN2O3S. The van der Waals surface area contributed by atoms with E-state index in [1.807, 2.05) is 0 Å². The molecule has 1 aliphatic heterocycles. The minimum absolute atomic E-state index is 0.0667. The lowest BCUT2D eigenvalue weighted by Gasteiger charge is -2.46. The van der Waals surface area contributed by atoms with Crippen LogP contribution in [-0.4, -0.2) is 50.2 Å². The number of nitrogens with zero attached hydrogens (tertiary/aromatic N) is 2. The molecule has 0 aromatic heterocycles. The molecule has 1 aliphatic carbocycles. The standard InChI is InChI=1S/C17H23FN2O3S/c1-19(24(22,23)14-7-4-3-6-13(14)18)12-17-10-5-8-15(17)20(2)16(21)9-11-17/h3-4,6-7,15H,5,8-12H2,1-2H3/t15-,17+/m1/s1. The van der Waals surface area contributed by atoms with Crippen LogP contribution in [0.5, 0.6) is 0 Å². The molecule has 0 N–H and O–H groups in total. The number of sulfonamides is 1. The Morgan fingerprint density at radius 1 is 1.33 bits per heavy atom. The number of carbonyl (C=O) groups excluding carboxylic acids is 1. The summed E-state index contributed by atoms with van der Waals surface area (Å²) in [6.45, 7) is 0.311. The van der Waals surface area contributed by atoms with Crippen molar-refractivity contribution in [3.8, 4) is 0 Å². The van der Waals surface area contributed by atoms with Crippen LogP contribution in [0.3, 0.4) is 0 Å². The maximum atomic E-state index is 13.9. The molecule has 1 aromatic carbocycles. The van der Waals surface area contributed by atoms with Crippen molar-refractivity contribution >= 4 is 15.9 Å². The van der Waals surface area contributed by atoms with Crippen LogP contribution < -0.4 is 0 Å². The van der Waals surface area contributed by atoms with E-state index in [-0.39, 0.29) is 22.3 Å². The van der Waals surface area contributed by atoms with E-state index in [9.17, 15) is 17.6 Å². The van der Waals surface area contributed by atoms with E-state index in [4.69, 9.17) is 0 Å². The third-order valence-electron chi connectivity index (χ3n) is 5.62. The van der Waals surface area contributed by atoms with Crippen LogP contribution in [0.2, 0.25) is 0 Å². The van der Waals surface area contributed by atoms with Crippen molar-refractivity contribution in [1.29, 1.82) is 0 Å². The van der Waals surface area contributed by atoms with Gasteiger partial charge in [0, 0.05) is 38.5 Å². The predicted molar refractivity (Wildman–Crippen MR) is 88.3 cm³/mol. The molecule has 0 spiro atoms. The van der Waals surface area contributed by atoms with E-state index in [2.05, 4.69) is 0 Å². The number of likely N-dealkylation sites (tertiary alicyclic amines) is 1. The molecule has 2 atom stereocenters. The second-order valence-corrected chi connectivity index (χ2v) is 8.98. The van der Waals surface area contributed by atoms with E-state index >= 15 is 0 Å². The fraction of sp³-hybridized carbons (Fsp3) is 0.588. The Balaban J connectivity index is 1.87. The SMILES string of the molecule is CN1C(=O)CC[C@]2(CN(C)S(=O)(=O)c3ccccc3F)CCC[C@@H]12. The van der Waals surface area contributed by atoms with Crippen molar-refractivity contribution in [2.75, 3.05) is 20.6 Å². The summed E-state index contributed by atoms with van der Waals surface area (Å²) in [5.41, 5.74) is -0.226. The Labute approximate surface area is 142 Å². The number of hydrogen-bond donors (Lipinski definition) is 0. The number of carbonyl (C=O) groups is 1. The molecule has 1 heterocycles. The highest BCUT2D eigenvalue weighted by Crippen LogP contribution is 2.48. The predicted octanol–water partition coefficient (Wildman–Crippen LogP) is 2.24. The largest absolute Gasteiger partial charge is 0.342 e. The minimum Gasteiger partial charge on any atom is -0.342 e. The molecule has 2 fully saturated rings. The number of fused-ring (bicyclic) bond motifs is 1. The lowest BCUT2D eigenvalue weighted by atomic mass is 9.75. The number of halogens is 1. The number of rotatable bonds is 4. The van der Waals surface area contributed by atoms with Crippen molar-refractivity contribution < 1.29 is 17.6 Å². The highest BCUT2D eigenvalue weighted by atomic mass is 32.2. The number of benzene rings is 1. The maximum Gasteiger partial charge on any atom is 0.245 e. The second-order valence-electron chi connectivity index (χ2n) is 6.97. The van der Waals surface area contributed by atoms with Crippen molar-refractivity contribution in [2.24, 2.45) is 5.41 Å². The monoisotopic (exact) mass is 354 g/mol. The Kier molecular flexibility index (Phi) is 4.42. The summed E-state index contributed by atoms with van der Waals surface area (Å²) in [5, 5.41) is 0. The molecule has 3 rings (SSSR count). The molecule has 1 aromatic rings. The van der Waals surface area contributed by atoms with Gasteiger partial charge in [-0.3, -0.25) is 4.79 Å². The molecular weight excluding hydrogens is 331 g/mol. The smallest absolute Gasteiger partial charge is 0.245 e. The fourth-order valence-corrected chi connectivity index (χ4v) is 5.66. The van der Waals surface area contributed by atoms with Crippen LogP contribution in [0.4, 0.5) is 4.39 Å². The summed E-state index contributed by atoms with van der Waals surface area (Å²) in [7, 11) is -0.584. The summed E-state index contributed by atoms with van der Waals surface area (Å²) in [6, 6.07) is 5.51. The molecule has 1 saturated heterocycles. The first-order valence-corrected chi connectivity index (χ1v) is 9.68. The quantitative estimate of drug-likeness (QED) is 0.833. The lowest BCUT2D eigenvalue weighted by Crippen LogP contribution is -2.54. The molecule has 0 radical (unpaired) electrons. The van der Waals surface area contributed by atoms with E-state index in [1.54, 1.807) is 11.9 Å². The van der Waals surface area contributed by atoms with E-state index < -0.39 is 15.8 Å². The van der Waals surface area contributed by atoms with Gasteiger partial charge >= 0.3 is 0 Å². The third-order valence-corrected chi connectivity index (χ3v) is 7.46. The Bertz CT molecular complexity index is 752. The molecule has 1 saturated carbocycles. The molecule has 132 valence electrons. The summed E-state index contributed by atoms with van der Waals surface area (Å²) < 4.78 is 40.7. The van der Waals surface area contributed by atoms with Gasteiger partial charge in [-0.25, -0.2) is 17.1 Å². The van der Waals surface area contributed by atoms with Gasteiger partial charge in [-0.15, -0.1) is 0 Å². The highest BCUT2D eigenvalue weighted by Gasteiger charge is 2.50. The molecule has 0 unspecified atom stereocenters. The van der Waals surface area contributed by atoms with Crippen molar-refractivity contribution in [2.45, 2.75) is 43.0 Å². The number of hydrogen-bond acceptors (Lipinski definition) is 3. The maximum absolute atomic E-state index is 13.9. The Hall–Kier alpha value is -1.47. The van der Waals surface area contributed by atoms with Crippen LogP contribution in [0.15, 0.2) is 29.2 Å². The topological polar surface area (TPSA) is 57.7 Å². The van der Waals surface area contributed by atoms with Crippen LogP contribution >= 0.6 is 0 Å². The normalized spacial score (nSPS) is 27.6. The highest BCUT2D eigenvalue weighted by molar-refractivity contribution is 7.89. The third kappa shape index (κ3) is 2.73. The van der Waals surface area contributed by atoms with Crippen molar-refractivity contribution in [3.63, 3.8) is 0 Å². The first-order valence-electron chi connectivity index (χ1n) is 8.24. The Morgan fingerprint density at radius 2 is 2.04 bits per heavy atom. The first kappa shape index (κ1) is 17.4. The average Bonchev–Trinajstić information content (AvgIpc) is 2.96. The average molecular weight is 354 g/mol. The number of amides is 1. The van der Waals surface area contributed by atoms with Crippen molar-refractivity contribution in [1.82, 2.24) is 9.21 Å². The van der Waals surface area contributed by atoms with Gasteiger partial charge in [-0.1, -0.05) is 18.6 Å². The van der Waals surface area contributed by atoms with E-state index in [1.165, 1.54) is 29.6 Å². The minimum atomic E-state index is -3.89. The van der Waals surface area contributed by atoms with Gasteiger partial charge in [0.25, 0.3) is 0 Å². The summed E-state index contributed by atoms with van der Waals surface area (Å²) >= 11 is 0. The van der Waals surface area contributed by atoms with E-state index in [0.29, 0.717) is 19.4 Å².